The van der Waals surface area contributed by atoms with Gasteiger partial charge < -0.3 is 15.3 Å². The molecular weight excluding hydrogens is 552 g/mol. The first-order chi connectivity index (χ1) is 20.4. The summed E-state index contributed by atoms with van der Waals surface area (Å²) in [4.78, 5) is 44.5. The lowest BCUT2D eigenvalue weighted by atomic mass is 9.38. The van der Waals surface area contributed by atoms with Crippen LogP contribution < -0.4 is 0 Å². The summed E-state index contributed by atoms with van der Waals surface area (Å²) in [7, 11) is 0. The molecule has 0 radical (unpaired) electrons. The molecule has 0 aromatic heterocycles. The van der Waals surface area contributed by atoms with Crippen molar-refractivity contribution in [2.24, 2.45) is 22.2 Å². The van der Waals surface area contributed by atoms with E-state index in [0.717, 1.165) is 35.6 Å². The Morgan fingerprint density at radius 1 is 0.818 bits per heavy atom. The number of allylic oxidation sites excluding steroid dienone is 9. The van der Waals surface area contributed by atoms with Crippen LogP contribution in [-0.4, -0.2) is 32.7 Å². The predicted octanol–water partition coefficient (Wildman–Crippen LogP) is 8.90. The van der Waals surface area contributed by atoms with Crippen LogP contribution in [0.1, 0.15) is 106 Å². The maximum Gasteiger partial charge on any atom is 0.184 e. The fraction of sp³-hybridized carbons (Fsp3) is 0.500. The molecule has 44 heavy (non-hydrogen) atoms. The van der Waals surface area contributed by atoms with Crippen molar-refractivity contribution in [2.75, 3.05) is 0 Å². The molecule has 238 valence electrons. The van der Waals surface area contributed by atoms with Crippen LogP contribution in [0, 0.1) is 22.2 Å². The van der Waals surface area contributed by atoms with Crippen LogP contribution in [0.15, 0.2) is 70.4 Å². The highest BCUT2D eigenvalue weighted by Crippen LogP contribution is 2.65. The van der Waals surface area contributed by atoms with Crippen LogP contribution in [0.4, 0.5) is 0 Å². The van der Waals surface area contributed by atoms with E-state index in [4.69, 9.17) is 0 Å². The highest BCUT2D eigenvalue weighted by atomic mass is 16.3. The van der Waals surface area contributed by atoms with E-state index < -0.39 is 50.6 Å². The third-order valence-electron chi connectivity index (χ3n) is 9.82. The zero-order valence-corrected chi connectivity index (χ0v) is 27.9. The van der Waals surface area contributed by atoms with Crippen LogP contribution in [0.3, 0.4) is 0 Å². The summed E-state index contributed by atoms with van der Waals surface area (Å²) < 4.78 is 0. The number of hydrogen-bond acceptors (Lipinski definition) is 6. The number of fused-ring (bicyclic) bond motifs is 2. The minimum absolute atomic E-state index is 0.0179. The molecular formula is C38H50O6. The number of phenolic OH excluding ortho intramolecular Hbond substituents is 2. The molecule has 6 nitrogen and oxygen atoms in total. The number of hydrogen-bond donors (Lipinski definition) is 3. The molecule has 0 amide bonds. The van der Waals surface area contributed by atoms with Crippen molar-refractivity contribution in [3.8, 4) is 11.5 Å². The van der Waals surface area contributed by atoms with E-state index in [1.165, 1.54) is 17.7 Å². The molecule has 0 spiro atoms. The minimum atomic E-state index is -1.59. The number of aromatic hydroxyl groups is 2. The first kappa shape index (κ1) is 34.8. The quantitative estimate of drug-likeness (QED) is 0.0616. The normalized spacial score (nSPS) is 25.8. The first-order valence-corrected chi connectivity index (χ1v) is 15.6. The van der Waals surface area contributed by atoms with E-state index in [2.05, 4.69) is 12.2 Å². The Morgan fingerprint density at radius 2 is 1.43 bits per heavy atom. The highest BCUT2D eigenvalue weighted by Gasteiger charge is 2.73. The average Bonchev–Trinajstić information content (AvgIpc) is 2.92. The standard InChI is InChI=1S/C38H50O6/c1-23(2)11-10-12-26(7)18-19-37-22-28(15-13-24(3)4)36(8,9)38(35(37)44,20-17-25(5)6)34(43)31(33(37)42)32(41)27-14-16-29(39)30(40)21-27/h11,13-14,16-18,21,28,39-41H,10,12,15,19-20,22H2,1-9H3/t28-,37+,38-/m1/s1. The average molecular weight is 603 g/mol. The molecule has 2 aliphatic rings. The zero-order valence-electron chi connectivity index (χ0n) is 27.9. The topological polar surface area (TPSA) is 112 Å². The van der Waals surface area contributed by atoms with Gasteiger partial charge in [0.25, 0.3) is 0 Å². The predicted molar refractivity (Wildman–Crippen MR) is 176 cm³/mol. The molecule has 2 fully saturated rings. The van der Waals surface area contributed by atoms with Gasteiger partial charge in [0.05, 0.1) is 5.41 Å². The summed E-state index contributed by atoms with van der Waals surface area (Å²) in [5.74, 6) is -3.35. The minimum Gasteiger partial charge on any atom is -0.506 e. The number of benzene rings is 1. The number of rotatable bonds is 10. The van der Waals surface area contributed by atoms with Gasteiger partial charge in [0.2, 0.25) is 0 Å². The Bertz CT molecular complexity index is 1480. The summed E-state index contributed by atoms with van der Waals surface area (Å²) >= 11 is 0. The Morgan fingerprint density at radius 3 is 2.00 bits per heavy atom. The van der Waals surface area contributed by atoms with Gasteiger partial charge in [-0.1, -0.05) is 60.4 Å². The zero-order chi connectivity index (χ0) is 33.2. The molecule has 2 saturated carbocycles. The second-order valence-corrected chi connectivity index (χ2v) is 14.1. The van der Waals surface area contributed by atoms with Gasteiger partial charge in [-0.2, -0.15) is 0 Å². The van der Waals surface area contributed by atoms with E-state index in [9.17, 15) is 24.9 Å². The summed E-state index contributed by atoms with van der Waals surface area (Å²) in [6, 6.07) is 3.66. The summed E-state index contributed by atoms with van der Waals surface area (Å²) in [6.07, 6.45) is 10.9. The number of ketones is 3. The van der Waals surface area contributed by atoms with Crippen molar-refractivity contribution in [1.82, 2.24) is 0 Å². The van der Waals surface area contributed by atoms with E-state index in [-0.39, 0.29) is 36.5 Å². The summed E-state index contributed by atoms with van der Waals surface area (Å²) in [5.41, 5.74) is -0.0424. The van der Waals surface area contributed by atoms with Crippen LogP contribution >= 0.6 is 0 Å². The maximum atomic E-state index is 15.0. The van der Waals surface area contributed by atoms with Gasteiger partial charge in [0.15, 0.2) is 28.8 Å². The largest absolute Gasteiger partial charge is 0.506 e. The Labute approximate surface area is 263 Å². The number of Topliss-reactive ketones (excluding diaryl/α,β-unsaturated/α-hetero) is 3. The van der Waals surface area contributed by atoms with Crippen molar-refractivity contribution in [3.05, 3.63) is 75.9 Å². The van der Waals surface area contributed by atoms with E-state index >= 15 is 4.79 Å². The number of carbonyl (C=O) groups is 3. The van der Waals surface area contributed by atoms with Gasteiger partial charge in [-0.15, -0.1) is 0 Å². The van der Waals surface area contributed by atoms with Crippen molar-refractivity contribution in [3.63, 3.8) is 0 Å². The van der Waals surface area contributed by atoms with Crippen LogP contribution in [0.2, 0.25) is 0 Å². The lowest BCUT2D eigenvalue weighted by Crippen LogP contribution is -2.69. The van der Waals surface area contributed by atoms with Gasteiger partial charge >= 0.3 is 0 Å². The molecule has 3 rings (SSSR count). The Kier molecular flexibility index (Phi) is 10.4. The molecule has 3 N–H and O–H groups in total. The Hall–Kier alpha value is -3.67. The van der Waals surface area contributed by atoms with E-state index in [1.54, 1.807) is 0 Å². The third kappa shape index (κ3) is 6.27. The number of carbonyl (C=O) groups excluding carboxylic acids is 3. The highest BCUT2D eigenvalue weighted by molar-refractivity contribution is 6.41. The molecule has 1 aromatic carbocycles. The number of aliphatic hydroxyl groups is 1. The second kappa shape index (κ2) is 13.1. The van der Waals surface area contributed by atoms with E-state index in [1.807, 2.05) is 74.5 Å². The van der Waals surface area contributed by atoms with Gasteiger partial charge in [-0.3, -0.25) is 14.4 Å². The van der Waals surface area contributed by atoms with Crippen LogP contribution in [0.5, 0.6) is 11.5 Å². The molecule has 0 aliphatic heterocycles. The molecule has 0 unspecified atom stereocenters. The molecule has 1 aromatic rings. The third-order valence-corrected chi connectivity index (χ3v) is 9.82. The molecule has 0 saturated heterocycles. The lowest BCUT2D eigenvalue weighted by molar-refractivity contribution is -0.176. The fourth-order valence-electron chi connectivity index (χ4n) is 6.86. The van der Waals surface area contributed by atoms with Crippen molar-refractivity contribution >= 4 is 23.1 Å². The van der Waals surface area contributed by atoms with Crippen LogP contribution in [-0.2, 0) is 14.4 Å². The second-order valence-electron chi connectivity index (χ2n) is 14.1. The monoisotopic (exact) mass is 602 g/mol. The molecule has 2 bridgehead atoms. The van der Waals surface area contributed by atoms with Gasteiger partial charge in [0, 0.05) is 5.56 Å². The Balaban J connectivity index is 2.37. The SMILES string of the molecule is CC(C)=CCCC(C)=CC[C@]12C[C@@H](CC=C(C)C)C(C)(C)[C@](CC=C(C)C)(C(=O)C(=C(O)c3ccc(O)c(O)c3)C1=O)C2=O. The number of phenols is 2. The van der Waals surface area contributed by atoms with Gasteiger partial charge in [-0.05, 0) is 117 Å². The lowest BCUT2D eigenvalue weighted by Gasteiger charge is -2.60. The summed E-state index contributed by atoms with van der Waals surface area (Å²) in [6.45, 7) is 17.8. The van der Waals surface area contributed by atoms with Gasteiger partial charge in [-0.25, -0.2) is 0 Å². The molecule has 2 aliphatic carbocycles. The first-order valence-electron chi connectivity index (χ1n) is 15.6. The fourth-order valence-corrected chi connectivity index (χ4v) is 6.86. The van der Waals surface area contributed by atoms with E-state index in [0.29, 0.717) is 6.42 Å². The van der Waals surface area contributed by atoms with Gasteiger partial charge in [0.1, 0.15) is 16.7 Å². The molecule has 3 atom stereocenters. The smallest absolute Gasteiger partial charge is 0.184 e. The maximum absolute atomic E-state index is 15.0. The van der Waals surface area contributed by atoms with Crippen molar-refractivity contribution in [1.29, 1.82) is 0 Å². The van der Waals surface area contributed by atoms with Crippen molar-refractivity contribution in [2.45, 2.75) is 101 Å². The number of aliphatic hydroxyl groups excluding tert-OH is 1. The van der Waals surface area contributed by atoms with Crippen LogP contribution in [0.25, 0.3) is 5.76 Å². The molecule has 0 heterocycles. The van der Waals surface area contributed by atoms with Crippen molar-refractivity contribution < 1.29 is 29.7 Å². The summed E-state index contributed by atoms with van der Waals surface area (Å²) in [5, 5.41) is 31.6. The molecule has 6 heteroatoms.